The first-order valence-corrected chi connectivity index (χ1v) is 6.09. The lowest BCUT2D eigenvalue weighted by Gasteiger charge is -2.04. The van der Waals surface area contributed by atoms with Gasteiger partial charge in [-0.3, -0.25) is 9.78 Å². The maximum Gasteiger partial charge on any atom is 0.172 e. The number of Topliss-reactive ketones (excluding diaryl/α,β-unsaturated/α-hetero) is 1. The van der Waals surface area contributed by atoms with E-state index in [-0.39, 0.29) is 12.2 Å². The summed E-state index contributed by atoms with van der Waals surface area (Å²) in [5, 5.41) is 4.45. The van der Waals surface area contributed by atoms with E-state index >= 15 is 0 Å². The van der Waals surface area contributed by atoms with Crippen molar-refractivity contribution in [1.82, 2.24) is 19.7 Å². The largest absolute Gasteiger partial charge is 0.294 e. The van der Waals surface area contributed by atoms with Crippen LogP contribution < -0.4 is 0 Å². The molecule has 0 unspecified atom stereocenters. The van der Waals surface area contributed by atoms with Crippen LogP contribution in [0.25, 0.3) is 0 Å². The summed E-state index contributed by atoms with van der Waals surface area (Å²) >= 11 is 5.93. The Morgan fingerprint density at radius 2 is 2.33 bits per heavy atom. The van der Waals surface area contributed by atoms with Gasteiger partial charge in [-0.05, 0) is 12.5 Å². The molecule has 0 spiro atoms. The van der Waals surface area contributed by atoms with E-state index in [9.17, 15) is 4.79 Å². The van der Waals surface area contributed by atoms with E-state index in [0.717, 1.165) is 13.0 Å². The average Bonchev–Trinajstić information content (AvgIpc) is 2.78. The molecule has 0 aromatic carbocycles. The summed E-state index contributed by atoms with van der Waals surface area (Å²) in [7, 11) is 0. The molecule has 5 nitrogen and oxygen atoms in total. The van der Waals surface area contributed by atoms with Crippen LogP contribution in [0.3, 0.4) is 0 Å². The van der Waals surface area contributed by atoms with Crippen LogP contribution >= 0.6 is 11.6 Å². The average molecular weight is 265 g/mol. The monoisotopic (exact) mass is 264 g/mol. The minimum Gasteiger partial charge on any atom is -0.294 e. The van der Waals surface area contributed by atoms with Gasteiger partial charge >= 0.3 is 0 Å². The van der Waals surface area contributed by atoms with Crippen LogP contribution in [0.2, 0.25) is 5.02 Å². The normalized spacial score (nSPS) is 10.6. The molecule has 6 heteroatoms. The summed E-state index contributed by atoms with van der Waals surface area (Å²) in [5.41, 5.74) is 0.470. The highest BCUT2D eigenvalue weighted by molar-refractivity contribution is 6.33. The maximum absolute atomic E-state index is 12.1. The third-order valence-corrected chi connectivity index (χ3v) is 2.82. The van der Waals surface area contributed by atoms with Gasteiger partial charge in [0.15, 0.2) is 5.78 Å². The van der Waals surface area contributed by atoms with Crippen LogP contribution in [0.15, 0.2) is 24.8 Å². The maximum atomic E-state index is 12.1. The molecule has 0 fully saturated rings. The second-order valence-corrected chi connectivity index (χ2v) is 4.26. The zero-order valence-electron chi connectivity index (χ0n) is 10.0. The van der Waals surface area contributed by atoms with E-state index in [1.807, 2.05) is 6.92 Å². The molecule has 2 aromatic heterocycles. The molecule has 94 valence electrons. The van der Waals surface area contributed by atoms with Gasteiger partial charge in [0.2, 0.25) is 0 Å². The molecular weight excluding hydrogens is 252 g/mol. The lowest BCUT2D eigenvalue weighted by molar-refractivity contribution is 0.0989. The van der Waals surface area contributed by atoms with Gasteiger partial charge in [-0.25, -0.2) is 9.67 Å². The summed E-state index contributed by atoms with van der Waals surface area (Å²) < 4.78 is 1.74. The minimum atomic E-state index is -0.0762. The van der Waals surface area contributed by atoms with E-state index < -0.39 is 0 Å². The number of carbonyl (C=O) groups excluding carboxylic acids is 1. The first kappa shape index (κ1) is 12.7. The minimum absolute atomic E-state index is 0.0762. The Bertz CT molecular complexity index is 553. The number of halogens is 1. The zero-order chi connectivity index (χ0) is 13.0. The second-order valence-electron chi connectivity index (χ2n) is 3.85. The van der Waals surface area contributed by atoms with E-state index in [1.54, 1.807) is 16.9 Å². The lowest BCUT2D eigenvalue weighted by atomic mass is 10.1. The molecule has 0 atom stereocenters. The standard InChI is InChI=1S/C12H13ClN4O/c1-2-5-17-12(15-8-16-17)6-11(18)9-3-4-14-7-10(9)13/h3-4,7-8H,2,5-6H2,1H3. The van der Waals surface area contributed by atoms with Crippen molar-refractivity contribution in [3.63, 3.8) is 0 Å². The molecule has 0 aliphatic heterocycles. The zero-order valence-corrected chi connectivity index (χ0v) is 10.8. The number of pyridine rings is 1. The quantitative estimate of drug-likeness (QED) is 0.777. The molecule has 0 saturated carbocycles. The van der Waals surface area contributed by atoms with Gasteiger partial charge in [-0.15, -0.1) is 0 Å². The molecule has 2 heterocycles. The predicted molar refractivity (Wildman–Crippen MR) is 67.6 cm³/mol. The highest BCUT2D eigenvalue weighted by Crippen LogP contribution is 2.15. The van der Waals surface area contributed by atoms with Crippen molar-refractivity contribution in [2.75, 3.05) is 0 Å². The van der Waals surface area contributed by atoms with Gasteiger partial charge in [0.05, 0.1) is 11.4 Å². The van der Waals surface area contributed by atoms with Gasteiger partial charge in [0, 0.05) is 24.5 Å². The molecule has 0 aliphatic rings. The summed E-state index contributed by atoms with van der Waals surface area (Å²) in [6, 6.07) is 1.62. The van der Waals surface area contributed by atoms with E-state index in [2.05, 4.69) is 15.1 Å². The van der Waals surface area contributed by atoms with Crippen molar-refractivity contribution in [2.45, 2.75) is 26.3 Å². The molecule has 18 heavy (non-hydrogen) atoms. The van der Waals surface area contributed by atoms with Gasteiger partial charge in [-0.2, -0.15) is 5.10 Å². The number of carbonyl (C=O) groups is 1. The highest BCUT2D eigenvalue weighted by Gasteiger charge is 2.14. The topological polar surface area (TPSA) is 60.7 Å². The Morgan fingerprint density at radius 1 is 1.50 bits per heavy atom. The molecular formula is C12H13ClN4O. The molecule has 0 bridgehead atoms. The number of hydrogen-bond acceptors (Lipinski definition) is 4. The van der Waals surface area contributed by atoms with Crippen molar-refractivity contribution >= 4 is 17.4 Å². The predicted octanol–water partition coefficient (Wildman–Crippen LogP) is 2.16. The SMILES string of the molecule is CCCn1ncnc1CC(=O)c1ccncc1Cl. The van der Waals surface area contributed by atoms with Crippen LogP contribution in [-0.4, -0.2) is 25.5 Å². The second kappa shape index (κ2) is 5.73. The molecule has 2 rings (SSSR count). The Labute approximate surface area is 110 Å². The van der Waals surface area contributed by atoms with Crippen LogP contribution in [0.5, 0.6) is 0 Å². The summed E-state index contributed by atoms with van der Waals surface area (Å²) in [5.74, 6) is 0.586. The Kier molecular flexibility index (Phi) is 4.04. The van der Waals surface area contributed by atoms with E-state index in [1.165, 1.54) is 12.5 Å². The number of nitrogens with zero attached hydrogens (tertiary/aromatic N) is 4. The van der Waals surface area contributed by atoms with Gasteiger partial charge in [0.1, 0.15) is 12.2 Å². The molecule has 0 amide bonds. The van der Waals surface area contributed by atoms with Crippen LogP contribution in [0.4, 0.5) is 0 Å². The number of aryl methyl sites for hydroxylation is 1. The van der Waals surface area contributed by atoms with Gasteiger partial charge in [-0.1, -0.05) is 18.5 Å². The van der Waals surface area contributed by atoms with Crippen molar-refractivity contribution in [3.8, 4) is 0 Å². The Hall–Kier alpha value is -1.75. The third-order valence-electron chi connectivity index (χ3n) is 2.52. The van der Waals surface area contributed by atoms with Crippen LogP contribution in [0, 0.1) is 0 Å². The van der Waals surface area contributed by atoms with E-state index in [0.29, 0.717) is 16.4 Å². The van der Waals surface area contributed by atoms with Gasteiger partial charge < -0.3 is 0 Å². The fourth-order valence-electron chi connectivity index (χ4n) is 1.66. The molecule has 0 radical (unpaired) electrons. The van der Waals surface area contributed by atoms with E-state index in [4.69, 9.17) is 11.6 Å². The van der Waals surface area contributed by atoms with Crippen molar-refractivity contribution in [3.05, 3.63) is 41.2 Å². The summed E-state index contributed by atoms with van der Waals surface area (Å²) in [4.78, 5) is 20.1. The smallest absolute Gasteiger partial charge is 0.172 e. The molecule has 0 saturated heterocycles. The molecule has 2 aromatic rings. The highest BCUT2D eigenvalue weighted by atomic mass is 35.5. The number of hydrogen-bond donors (Lipinski definition) is 0. The summed E-state index contributed by atoms with van der Waals surface area (Å²) in [6.45, 7) is 2.81. The molecule has 0 N–H and O–H groups in total. The van der Waals surface area contributed by atoms with Crippen molar-refractivity contribution < 1.29 is 4.79 Å². The van der Waals surface area contributed by atoms with Crippen molar-refractivity contribution in [2.24, 2.45) is 0 Å². The number of ketones is 1. The summed E-state index contributed by atoms with van der Waals surface area (Å²) in [6.07, 6.45) is 5.62. The fourth-order valence-corrected chi connectivity index (χ4v) is 1.89. The van der Waals surface area contributed by atoms with Gasteiger partial charge in [0.25, 0.3) is 0 Å². The molecule has 0 aliphatic carbocycles. The van der Waals surface area contributed by atoms with Crippen LogP contribution in [0.1, 0.15) is 29.5 Å². The fraction of sp³-hybridized carbons (Fsp3) is 0.333. The third kappa shape index (κ3) is 2.73. The number of rotatable bonds is 5. The number of aromatic nitrogens is 4. The first-order chi connectivity index (χ1) is 8.72. The van der Waals surface area contributed by atoms with Crippen molar-refractivity contribution in [1.29, 1.82) is 0 Å². The first-order valence-electron chi connectivity index (χ1n) is 5.71. The lowest BCUT2D eigenvalue weighted by Crippen LogP contribution is -2.12. The Balaban J connectivity index is 2.17. The van der Waals surface area contributed by atoms with Crippen LogP contribution in [-0.2, 0) is 13.0 Å². The Morgan fingerprint density at radius 3 is 3.06 bits per heavy atom.